The summed E-state index contributed by atoms with van der Waals surface area (Å²) in [6.45, 7) is 4.41. The van der Waals surface area contributed by atoms with Gasteiger partial charge in [-0.3, -0.25) is 14.5 Å². The minimum atomic E-state index is -0.401. The normalized spacial score (nSPS) is 19.4. The number of oxazole rings is 1. The molecule has 0 saturated carbocycles. The van der Waals surface area contributed by atoms with Crippen molar-refractivity contribution < 1.29 is 18.7 Å². The lowest BCUT2D eigenvalue weighted by atomic mass is 10.0. The first-order chi connectivity index (χ1) is 14.0. The summed E-state index contributed by atoms with van der Waals surface area (Å²) >= 11 is 0. The molecule has 0 bridgehead atoms. The Labute approximate surface area is 169 Å². The summed E-state index contributed by atoms with van der Waals surface area (Å²) in [5, 5.41) is 3.02. The minimum absolute atomic E-state index is 0.0877. The van der Waals surface area contributed by atoms with Crippen molar-refractivity contribution in [1.29, 1.82) is 0 Å². The third-order valence-electron chi connectivity index (χ3n) is 5.52. The number of benzene rings is 1. The van der Waals surface area contributed by atoms with Crippen LogP contribution in [0.5, 0.6) is 5.75 Å². The number of nitrogens with one attached hydrogen (secondary N) is 1. The maximum atomic E-state index is 12.8. The van der Waals surface area contributed by atoms with Crippen molar-refractivity contribution in [2.45, 2.75) is 32.4 Å². The molecule has 1 fully saturated rings. The average Bonchev–Trinajstić information content (AvgIpc) is 3.18. The number of aromatic nitrogens is 1. The highest BCUT2D eigenvalue weighted by atomic mass is 16.5. The zero-order valence-electron chi connectivity index (χ0n) is 16.8. The molecule has 1 saturated heterocycles. The summed E-state index contributed by atoms with van der Waals surface area (Å²) in [6.07, 6.45) is 3.39. The summed E-state index contributed by atoms with van der Waals surface area (Å²) in [5.74, 6) is 1.10. The maximum Gasteiger partial charge on any atom is 0.275 e. The summed E-state index contributed by atoms with van der Waals surface area (Å²) in [4.78, 5) is 33.2. The monoisotopic (exact) mass is 398 g/mol. The lowest BCUT2D eigenvalue weighted by molar-refractivity contribution is -0.127. The summed E-state index contributed by atoms with van der Waals surface area (Å²) in [5.41, 5.74) is 2.52. The highest BCUT2D eigenvalue weighted by Crippen LogP contribution is 2.25. The van der Waals surface area contributed by atoms with Gasteiger partial charge >= 0.3 is 0 Å². The molecule has 1 N–H and O–H groups in total. The van der Waals surface area contributed by atoms with E-state index in [1.165, 1.54) is 11.8 Å². The Kier molecular flexibility index (Phi) is 5.53. The molecule has 0 aliphatic carbocycles. The van der Waals surface area contributed by atoms with Crippen molar-refractivity contribution in [2.24, 2.45) is 0 Å². The molecule has 2 amide bonds. The number of amides is 2. The van der Waals surface area contributed by atoms with E-state index in [-0.39, 0.29) is 17.5 Å². The second kappa shape index (κ2) is 8.24. The van der Waals surface area contributed by atoms with Crippen LogP contribution < -0.4 is 10.1 Å². The molecule has 2 aliphatic heterocycles. The van der Waals surface area contributed by atoms with Gasteiger partial charge < -0.3 is 19.4 Å². The Balaban J connectivity index is 1.37. The van der Waals surface area contributed by atoms with E-state index in [0.29, 0.717) is 32.1 Å². The van der Waals surface area contributed by atoms with Crippen molar-refractivity contribution in [3.8, 4) is 5.75 Å². The van der Waals surface area contributed by atoms with Crippen LogP contribution in [-0.2, 0) is 17.8 Å². The van der Waals surface area contributed by atoms with E-state index in [2.05, 4.69) is 16.4 Å². The van der Waals surface area contributed by atoms with Crippen molar-refractivity contribution in [2.75, 3.05) is 33.3 Å². The van der Waals surface area contributed by atoms with Gasteiger partial charge in [0.15, 0.2) is 11.6 Å². The van der Waals surface area contributed by atoms with Crippen LogP contribution in [0.1, 0.15) is 33.9 Å². The molecule has 29 heavy (non-hydrogen) atoms. The molecular weight excluding hydrogens is 372 g/mol. The fourth-order valence-corrected chi connectivity index (χ4v) is 3.80. The molecule has 8 nitrogen and oxygen atoms in total. The van der Waals surface area contributed by atoms with Crippen molar-refractivity contribution in [1.82, 2.24) is 20.1 Å². The van der Waals surface area contributed by atoms with E-state index >= 15 is 0 Å². The van der Waals surface area contributed by atoms with Crippen molar-refractivity contribution >= 4 is 11.8 Å². The molecule has 1 atom stereocenters. The van der Waals surface area contributed by atoms with Crippen LogP contribution in [0.25, 0.3) is 0 Å². The number of fused-ring (bicyclic) bond motifs is 1. The number of carbonyl (C=O) groups excluding carboxylic acids is 2. The fraction of sp³-hybridized carbons (Fsp3) is 0.476. The minimum Gasteiger partial charge on any atom is -0.493 e. The number of likely N-dealkylation sites (N-methyl/N-ethyl adjacent to an activating group) is 1. The Bertz CT molecular complexity index is 910. The third-order valence-corrected chi connectivity index (χ3v) is 5.52. The van der Waals surface area contributed by atoms with E-state index in [9.17, 15) is 9.59 Å². The SMILES string of the molecule is Cc1nc(C(=O)N2CCN(C)[C@@H](C(=O)NCc3ccc4c(c3)CCCO4)C2)co1. The predicted molar refractivity (Wildman–Crippen MR) is 106 cm³/mol. The van der Waals surface area contributed by atoms with Gasteiger partial charge in [0.05, 0.1) is 6.61 Å². The highest BCUT2D eigenvalue weighted by molar-refractivity contribution is 5.93. The first-order valence-electron chi connectivity index (χ1n) is 9.95. The molecule has 154 valence electrons. The number of hydrogen-bond acceptors (Lipinski definition) is 6. The largest absolute Gasteiger partial charge is 0.493 e. The average molecular weight is 398 g/mol. The molecule has 0 spiro atoms. The first-order valence-corrected chi connectivity index (χ1v) is 9.95. The number of piperazine rings is 1. The van der Waals surface area contributed by atoms with Gasteiger partial charge in [-0.15, -0.1) is 0 Å². The molecule has 1 aromatic carbocycles. The number of rotatable bonds is 4. The van der Waals surface area contributed by atoms with Gasteiger partial charge in [0.25, 0.3) is 5.91 Å². The van der Waals surface area contributed by atoms with E-state index in [1.807, 2.05) is 24.1 Å². The molecule has 2 aromatic rings. The van der Waals surface area contributed by atoms with Crippen LogP contribution in [-0.4, -0.2) is 65.9 Å². The fourth-order valence-electron chi connectivity index (χ4n) is 3.80. The topological polar surface area (TPSA) is 87.9 Å². The number of hydrogen-bond donors (Lipinski definition) is 1. The van der Waals surface area contributed by atoms with E-state index in [1.54, 1.807) is 11.8 Å². The smallest absolute Gasteiger partial charge is 0.275 e. The van der Waals surface area contributed by atoms with Crippen LogP contribution in [0.4, 0.5) is 0 Å². The number of ether oxygens (including phenoxy) is 1. The predicted octanol–water partition coefficient (Wildman–Crippen LogP) is 1.38. The Morgan fingerprint density at radius 2 is 2.17 bits per heavy atom. The van der Waals surface area contributed by atoms with Crippen LogP contribution in [0.3, 0.4) is 0 Å². The lowest BCUT2D eigenvalue weighted by Crippen LogP contribution is -2.58. The molecule has 0 unspecified atom stereocenters. The number of carbonyl (C=O) groups is 2. The first kappa shape index (κ1) is 19.4. The number of nitrogens with zero attached hydrogens (tertiary/aromatic N) is 3. The van der Waals surface area contributed by atoms with Gasteiger partial charge in [0, 0.05) is 33.1 Å². The second-order valence-corrected chi connectivity index (χ2v) is 7.61. The second-order valence-electron chi connectivity index (χ2n) is 7.61. The van der Waals surface area contributed by atoms with Crippen LogP contribution >= 0.6 is 0 Å². The van der Waals surface area contributed by atoms with Gasteiger partial charge in [0.1, 0.15) is 18.1 Å². The van der Waals surface area contributed by atoms with Gasteiger partial charge in [-0.1, -0.05) is 12.1 Å². The molecule has 1 aromatic heterocycles. The number of aryl methyl sites for hydroxylation is 2. The third kappa shape index (κ3) is 4.27. The Morgan fingerprint density at radius 1 is 1.31 bits per heavy atom. The molecule has 2 aliphatic rings. The van der Waals surface area contributed by atoms with E-state index < -0.39 is 6.04 Å². The lowest BCUT2D eigenvalue weighted by Gasteiger charge is -2.38. The standard InChI is InChI=1S/C21H26N4O4/c1-14-23-17(13-29-14)21(27)25-8-7-24(2)18(12-25)20(26)22-11-15-5-6-19-16(10-15)4-3-9-28-19/h5-6,10,13,18H,3-4,7-9,11-12H2,1-2H3,(H,22,26)/t18-/m1/s1. The Hall–Kier alpha value is -2.87. The zero-order chi connectivity index (χ0) is 20.4. The Morgan fingerprint density at radius 3 is 2.97 bits per heavy atom. The molecule has 8 heteroatoms. The summed E-state index contributed by atoms with van der Waals surface area (Å²) in [6, 6.07) is 5.66. The van der Waals surface area contributed by atoms with Crippen molar-refractivity contribution in [3.63, 3.8) is 0 Å². The zero-order valence-corrected chi connectivity index (χ0v) is 16.8. The van der Waals surface area contributed by atoms with Gasteiger partial charge in [-0.2, -0.15) is 0 Å². The van der Waals surface area contributed by atoms with Gasteiger partial charge in [-0.05, 0) is 37.1 Å². The molecule has 3 heterocycles. The summed E-state index contributed by atoms with van der Waals surface area (Å²) < 4.78 is 10.8. The van der Waals surface area contributed by atoms with Crippen LogP contribution in [0, 0.1) is 6.92 Å². The quantitative estimate of drug-likeness (QED) is 0.837. The van der Waals surface area contributed by atoms with Gasteiger partial charge in [0.2, 0.25) is 5.91 Å². The van der Waals surface area contributed by atoms with Crippen LogP contribution in [0.2, 0.25) is 0 Å². The van der Waals surface area contributed by atoms with Gasteiger partial charge in [-0.25, -0.2) is 4.98 Å². The molecule has 0 radical (unpaired) electrons. The maximum absolute atomic E-state index is 12.8. The van der Waals surface area contributed by atoms with Crippen LogP contribution in [0.15, 0.2) is 28.9 Å². The molecule has 4 rings (SSSR count). The van der Waals surface area contributed by atoms with Crippen molar-refractivity contribution in [3.05, 3.63) is 47.2 Å². The highest BCUT2D eigenvalue weighted by Gasteiger charge is 2.33. The van der Waals surface area contributed by atoms with E-state index in [4.69, 9.17) is 9.15 Å². The van der Waals surface area contributed by atoms with E-state index in [0.717, 1.165) is 30.8 Å². The molecular formula is C21H26N4O4. The summed E-state index contributed by atoms with van der Waals surface area (Å²) in [7, 11) is 1.91.